The molecule has 1 aromatic heterocycles. The summed E-state index contributed by atoms with van der Waals surface area (Å²) in [7, 11) is 0. The lowest BCUT2D eigenvalue weighted by Crippen LogP contribution is -2.39. The average molecular weight is 365 g/mol. The van der Waals surface area contributed by atoms with Crippen LogP contribution >= 0.6 is 0 Å². The van der Waals surface area contributed by atoms with Gasteiger partial charge in [0.25, 0.3) is 0 Å². The summed E-state index contributed by atoms with van der Waals surface area (Å²) in [6.07, 6.45) is 8.86. The van der Waals surface area contributed by atoms with E-state index in [0.29, 0.717) is 24.4 Å². The first-order valence-corrected chi connectivity index (χ1v) is 10.3. The zero-order chi connectivity index (χ0) is 18.2. The van der Waals surface area contributed by atoms with Crippen LogP contribution in [0.15, 0.2) is 24.3 Å². The maximum atomic E-state index is 12.5. The van der Waals surface area contributed by atoms with Gasteiger partial charge in [0.2, 0.25) is 5.91 Å². The number of anilines is 1. The second-order valence-electron chi connectivity index (χ2n) is 8.35. The molecule has 3 aliphatic heterocycles. The van der Waals surface area contributed by atoms with E-state index in [4.69, 9.17) is 0 Å². The van der Waals surface area contributed by atoms with Gasteiger partial charge < -0.3 is 15.2 Å². The van der Waals surface area contributed by atoms with Crippen LogP contribution < -0.4 is 10.6 Å². The second kappa shape index (κ2) is 7.08. The highest BCUT2D eigenvalue weighted by Crippen LogP contribution is 2.33. The van der Waals surface area contributed by atoms with Crippen LogP contribution in [0, 0.1) is 5.92 Å². The number of nitrogens with zero attached hydrogens (tertiary/aromatic N) is 3. The average Bonchev–Trinajstić information content (AvgIpc) is 3.25. The number of carbonyl (C=O) groups is 1. The predicted octanol–water partition coefficient (Wildman–Crippen LogP) is 3.14. The summed E-state index contributed by atoms with van der Waals surface area (Å²) in [6, 6.07) is 9.29. The van der Waals surface area contributed by atoms with Crippen LogP contribution in [-0.2, 0) is 17.8 Å². The van der Waals surface area contributed by atoms with Gasteiger partial charge in [-0.05, 0) is 68.7 Å². The summed E-state index contributed by atoms with van der Waals surface area (Å²) in [5.74, 6) is 2.68. The lowest BCUT2D eigenvalue weighted by Gasteiger charge is -2.28. The van der Waals surface area contributed by atoms with Crippen molar-refractivity contribution in [1.29, 1.82) is 0 Å². The molecular weight excluding hydrogens is 338 g/mol. The number of aryl methyl sites for hydroxylation is 1. The molecule has 2 fully saturated rings. The molecule has 6 heteroatoms. The number of hydrogen-bond donors (Lipinski definition) is 2. The van der Waals surface area contributed by atoms with E-state index in [-0.39, 0.29) is 5.91 Å². The summed E-state index contributed by atoms with van der Waals surface area (Å²) in [4.78, 5) is 12.5. The Hall–Kier alpha value is -2.21. The van der Waals surface area contributed by atoms with Gasteiger partial charge in [-0.2, -0.15) is 0 Å². The quantitative estimate of drug-likeness (QED) is 0.873. The summed E-state index contributed by atoms with van der Waals surface area (Å²) in [5, 5.41) is 15.4. The lowest BCUT2D eigenvalue weighted by atomic mass is 9.89. The van der Waals surface area contributed by atoms with Crippen LogP contribution in [0.5, 0.6) is 0 Å². The van der Waals surface area contributed by atoms with Crippen LogP contribution in [0.25, 0.3) is 11.4 Å². The highest BCUT2D eigenvalue weighted by molar-refractivity contribution is 5.91. The maximum absolute atomic E-state index is 12.5. The second-order valence-corrected chi connectivity index (χ2v) is 8.35. The fourth-order valence-corrected chi connectivity index (χ4v) is 5.04. The summed E-state index contributed by atoms with van der Waals surface area (Å²) in [6.45, 7) is 0.994. The van der Waals surface area contributed by atoms with E-state index < -0.39 is 0 Å². The van der Waals surface area contributed by atoms with Crippen molar-refractivity contribution in [3.05, 3.63) is 30.1 Å². The highest BCUT2D eigenvalue weighted by atomic mass is 16.1. The van der Waals surface area contributed by atoms with Crippen molar-refractivity contribution in [3.63, 3.8) is 0 Å². The van der Waals surface area contributed by atoms with E-state index >= 15 is 0 Å². The molecule has 0 saturated carbocycles. The number of piperidine rings is 1. The Kier molecular flexibility index (Phi) is 4.44. The van der Waals surface area contributed by atoms with Gasteiger partial charge in [-0.15, -0.1) is 10.2 Å². The van der Waals surface area contributed by atoms with E-state index in [1.165, 1.54) is 25.7 Å². The fraction of sp³-hybridized carbons (Fsp3) is 0.571. The fourth-order valence-electron chi connectivity index (χ4n) is 5.04. The molecule has 2 aromatic rings. The van der Waals surface area contributed by atoms with E-state index in [0.717, 1.165) is 48.7 Å². The summed E-state index contributed by atoms with van der Waals surface area (Å²) in [5.41, 5.74) is 1.92. The lowest BCUT2D eigenvalue weighted by molar-refractivity contribution is -0.117. The zero-order valence-corrected chi connectivity index (χ0v) is 15.7. The summed E-state index contributed by atoms with van der Waals surface area (Å²) >= 11 is 0. The molecule has 4 heterocycles. The Morgan fingerprint density at radius 2 is 1.89 bits per heavy atom. The molecule has 6 nitrogen and oxygen atoms in total. The van der Waals surface area contributed by atoms with Crippen LogP contribution in [0.3, 0.4) is 0 Å². The minimum Gasteiger partial charge on any atom is -0.326 e. The number of benzene rings is 1. The van der Waals surface area contributed by atoms with Gasteiger partial charge in [0, 0.05) is 42.7 Å². The van der Waals surface area contributed by atoms with Gasteiger partial charge in [0.15, 0.2) is 5.82 Å². The van der Waals surface area contributed by atoms with E-state index in [1.807, 2.05) is 24.3 Å². The number of rotatable bonds is 4. The van der Waals surface area contributed by atoms with Gasteiger partial charge >= 0.3 is 0 Å². The molecule has 2 N–H and O–H groups in total. The predicted molar refractivity (Wildman–Crippen MR) is 104 cm³/mol. The molecule has 2 bridgehead atoms. The minimum atomic E-state index is 0.133. The molecule has 1 amide bonds. The number of aromatic nitrogens is 3. The maximum Gasteiger partial charge on any atom is 0.224 e. The summed E-state index contributed by atoms with van der Waals surface area (Å²) < 4.78 is 2.22. The molecule has 2 unspecified atom stereocenters. The molecule has 3 aliphatic rings. The Labute approximate surface area is 159 Å². The number of hydrogen-bond acceptors (Lipinski definition) is 4. The number of fused-ring (bicyclic) bond motifs is 3. The molecule has 142 valence electrons. The topological polar surface area (TPSA) is 71.8 Å². The van der Waals surface area contributed by atoms with Gasteiger partial charge in [-0.25, -0.2) is 0 Å². The smallest absolute Gasteiger partial charge is 0.224 e. The molecule has 0 radical (unpaired) electrons. The van der Waals surface area contributed by atoms with Crippen molar-refractivity contribution in [1.82, 2.24) is 20.1 Å². The zero-order valence-electron chi connectivity index (χ0n) is 15.7. The number of carbonyl (C=O) groups excluding carboxylic acids is 1. The largest absolute Gasteiger partial charge is 0.326 e. The normalized spacial score (nSPS) is 26.6. The van der Waals surface area contributed by atoms with Gasteiger partial charge in [0.05, 0.1) is 0 Å². The van der Waals surface area contributed by atoms with Gasteiger partial charge in [-0.3, -0.25) is 4.79 Å². The van der Waals surface area contributed by atoms with Crippen molar-refractivity contribution in [2.24, 2.45) is 5.92 Å². The van der Waals surface area contributed by atoms with Crippen LogP contribution in [-0.4, -0.2) is 32.8 Å². The van der Waals surface area contributed by atoms with Crippen molar-refractivity contribution in [2.45, 2.75) is 70.0 Å². The monoisotopic (exact) mass is 365 g/mol. The van der Waals surface area contributed by atoms with E-state index in [9.17, 15) is 4.79 Å². The van der Waals surface area contributed by atoms with Gasteiger partial charge in [0.1, 0.15) is 5.82 Å². The van der Waals surface area contributed by atoms with E-state index in [1.54, 1.807) is 0 Å². The molecule has 5 rings (SSSR count). The third-order valence-corrected chi connectivity index (χ3v) is 6.33. The molecule has 27 heavy (non-hydrogen) atoms. The van der Waals surface area contributed by atoms with Gasteiger partial charge in [-0.1, -0.05) is 0 Å². The first kappa shape index (κ1) is 16.9. The molecule has 1 aromatic carbocycles. The Morgan fingerprint density at radius 3 is 2.67 bits per heavy atom. The number of amides is 1. The first-order valence-electron chi connectivity index (χ1n) is 10.3. The Morgan fingerprint density at radius 1 is 1.11 bits per heavy atom. The van der Waals surface area contributed by atoms with Crippen molar-refractivity contribution >= 4 is 11.6 Å². The molecular formula is C21H27N5O. The third-order valence-electron chi connectivity index (χ3n) is 6.33. The highest BCUT2D eigenvalue weighted by Gasteiger charge is 2.34. The Balaban J connectivity index is 1.22. The number of nitrogens with one attached hydrogen (secondary N) is 2. The van der Waals surface area contributed by atoms with Crippen LogP contribution in [0.4, 0.5) is 5.69 Å². The minimum absolute atomic E-state index is 0.133. The van der Waals surface area contributed by atoms with Crippen LogP contribution in [0.2, 0.25) is 0 Å². The van der Waals surface area contributed by atoms with E-state index in [2.05, 4.69) is 25.4 Å². The first-order chi connectivity index (χ1) is 13.2. The molecule has 2 atom stereocenters. The standard InChI is InChI=1S/C21H27N5O/c27-20(13-14-11-17-8-9-18(12-14)22-17)23-16-6-4-15(5-7-16)21-25-24-19-3-1-2-10-26(19)21/h4-7,14,17-18,22H,1-3,8-13H2,(H,23,27). The SMILES string of the molecule is O=C(CC1CC2CCC(C1)N2)Nc1ccc(-c2nnc3n2CCCC3)cc1. The van der Waals surface area contributed by atoms with Crippen molar-refractivity contribution in [2.75, 3.05) is 5.32 Å². The Bertz CT molecular complexity index is 816. The third kappa shape index (κ3) is 3.50. The van der Waals surface area contributed by atoms with Crippen molar-refractivity contribution < 1.29 is 4.79 Å². The van der Waals surface area contributed by atoms with Crippen molar-refractivity contribution in [3.8, 4) is 11.4 Å². The molecule has 0 spiro atoms. The molecule has 0 aliphatic carbocycles. The van der Waals surface area contributed by atoms with Crippen LogP contribution in [0.1, 0.15) is 50.8 Å². The molecule has 2 saturated heterocycles.